The molecule has 0 atom stereocenters. The molecule has 0 bridgehead atoms. The molecule has 18 rings (SSSR count). The first-order valence-corrected chi connectivity index (χ1v) is 29.8. The number of hydrogen-bond acceptors (Lipinski definition) is 6. The number of anilines is 6. The molecule has 0 fully saturated rings. The molecule has 0 N–H and O–H groups in total. The Bertz CT molecular complexity index is 5810. The van der Waals surface area contributed by atoms with Gasteiger partial charge in [-0.15, -0.1) is 0 Å². The van der Waals surface area contributed by atoms with Crippen LogP contribution in [0.15, 0.2) is 313 Å². The average Bonchev–Trinajstić information content (AvgIpc) is 3.21. The molecule has 0 aliphatic carbocycles. The van der Waals surface area contributed by atoms with Crippen LogP contribution < -0.4 is 9.80 Å². The van der Waals surface area contributed by atoms with E-state index in [1.165, 1.54) is 59.6 Å². The van der Waals surface area contributed by atoms with Crippen LogP contribution in [0.1, 0.15) is 0 Å². The van der Waals surface area contributed by atoms with Crippen LogP contribution in [0.5, 0.6) is 0 Å². The first-order valence-electron chi connectivity index (χ1n) is 29.8. The van der Waals surface area contributed by atoms with Crippen LogP contribution in [0.4, 0.5) is 34.1 Å². The Kier molecular flexibility index (Phi) is 11.2. The number of para-hydroxylation sites is 1. The number of nitrogens with zero attached hydrogens (tertiary/aromatic N) is 4. The summed E-state index contributed by atoms with van der Waals surface area (Å²) >= 11 is 0. The van der Waals surface area contributed by atoms with E-state index in [1.54, 1.807) is 6.20 Å². The highest BCUT2D eigenvalue weighted by Crippen LogP contribution is 2.49. The molecule has 0 saturated carbocycles. The van der Waals surface area contributed by atoms with Crippen LogP contribution in [-0.4, -0.2) is 9.97 Å². The Morgan fingerprint density at radius 3 is 1.56 bits per heavy atom. The second-order valence-corrected chi connectivity index (χ2v) is 22.8. The molecule has 0 unspecified atom stereocenters. The summed E-state index contributed by atoms with van der Waals surface area (Å²) in [7, 11) is 0. The van der Waals surface area contributed by atoms with Gasteiger partial charge < -0.3 is 18.6 Å². The molecule has 410 valence electrons. The molecule has 0 amide bonds. The van der Waals surface area contributed by atoms with Crippen LogP contribution in [0.25, 0.3) is 142 Å². The summed E-state index contributed by atoms with van der Waals surface area (Å²) in [5, 5.41) is 17.3. The minimum Gasteiger partial charge on any atom is -0.452 e. The summed E-state index contributed by atoms with van der Waals surface area (Å²) in [6.45, 7) is 0. The van der Waals surface area contributed by atoms with E-state index in [2.05, 4.69) is 282 Å². The second-order valence-electron chi connectivity index (χ2n) is 22.8. The molecule has 88 heavy (non-hydrogen) atoms. The van der Waals surface area contributed by atoms with Crippen LogP contribution in [0, 0.1) is 0 Å². The van der Waals surface area contributed by atoms with Crippen molar-refractivity contribution >= 4 is 143 Å². The van der Waals surface area contributed by atoms with Crippen molar-refractivity contribution in [2.75, 3.05) is 9.80 Å². The maximum absolute atomic E-state index is 7.09. The minimum atomic E-state index is 0.730. The van der Waals surface area contributed by atoms with Crippen molar-refractivity contribution in [3.8, 4) is 33.4 Å². The molecule has 0 spiro atoms. The van der Waals surface area contributed by atoms with Crippen LogP contribution >= 0.6 is 0 Å². The molecule has 0 radical (unpaired) electrons. The lowest BCUT2D eigenvalue weighted by Gasteiger charge is -2.27. The van der Waals surface area contributed by atoms with E-state index in [-0.39, 0.29) is 0 Å². The van der Waals surface area contributed by atoms with Crippen LogP contribution in [-0.2, 0) is 0 Å². The average molecular weight is 1120 g/mol. The Morgan fingerprint density at radius 1 is 0.273 bits per heavy atom. The van der Waals surface area contributed by atoms with E-state index in [9.17, 15) is 0 Å². The van der Waals surface area contributed by atoms with Crippen LogP contribution in [0.2, 0.25) is 0 Å². The van der Waals surface area contributed by atoms with Gasteiger partial charge >= 0.3 is 0 Å². The van der Waals surface area contributed by atoms with Crippen LogP contribution in [0.3, 0.4) is 0 Å². The third-order valence-corrected chi connectivity index (χ3v) is 17.9. The van der Waals surface area contributed by atoms with Gasteiger partial charge in [-0.05, 0) is 183 Å². The first kappa shape index (κ1) is 49.6. The fourth-order valence-electron chi connectivity index (χ4n) is 13.8. The largest absolute Gasteiger partial charge is 0.452 e. The maximum Gasteiger partial charge on any atom is 0.161 e. The van der Waals surface area contributed by atoms with E-state index in [0.29, 0.717) is 0 Å². The SMILES string of the molecule is c1ccc(-c2ccc(N(c3ccc4ccc5c6ccc(-c7ccc(N(c8ccc(-c9ccccc9)cc8)c8ccc9ccc%10ccc%11ccccc%11c%10c9c8)c8oc9cccnc9c78)cc6ccc5c4c3)c3cccc4c3oc3cnccc34)cc2)cc1. The van der Waals surface area contributed by atoms with Gasteiger partial charge in [0.2, 0.25) is 0 Å². The van der Waals surface area contributed by atoms with E-state index < -0.39 is 0 Å². The Labute approximate surface area is 505 Å². The summed E-state index contributed by atoms with van der Waals surface area (Å²) < 4.78 is 13.8. The monoisotopic (exact) mass is 1120 g/mol. The number of pyridine rings is 2. The molecule has 14 aromatic carbocycles. The van der Waals surface area contributed by atoms with Crippen molar-refractivity contribution < 1.29 is 8.83 Å². The van der Waals surface area contributed by atoms with Crippen molar-refractivity contribution in [1.82, 2.24) is 9.97 Å². The molecule has 6 nitrogen and oxygen atoms in total. The zero-order chi connectivity index (χ0) is 57.8. The van der Waals surface area contributed by atoms with Gasteiger partial charge in [-0.3, -0.25) is 9.97 Å². The van der Waals surface area contributed by atoms with Gasteiger partial charge in [-0.2, -0.15) is 0 Å². The molecular weight excluding hydrogens is 1070 g/mol. The molecule has 4 heterocycles. The zero-order valence-corrected chi connectivity index (χ0v) is 47.5. The summed E-state index contributed by atoms with van der Waals surface area (Å²) in [6.07, 6.45) is 5.50. The number of hydrogen-bond donors (Lipinski definition) is 0. The van der Waals surface area contributed by atoms with Crippen molar-refractivity contribution in [1.29, 1.82) is 0 Å². The normalized spacial score (nSPS) is 11.9. The highest BCUT2D eigenvalue weighted by Gasteiger charge is 2.25. The Morgan fingerprint density at radius 2 is 0.818 bits per heavy atom. The van der Waals surface area contributed by atoms with Crippen molar-refractivity contribution in [3.63, 3.8) is 0 Å². The number of fused-ring (bicyclic) bond motifs is 16. The number of benzene rings is 14. The van der Waals surface area contributed by atoms with Gasteiger partial charge in [0.25, 0.3) is 0 Å². The van der Waals surface area contributed by atoms with E-state index in [4.69, 9.17) is 13.8 Å². The summed E-state index contributed by atoms with van der Waals surface area (Å²) in [5.74, 6) is 0. The summed E-state index contributed by atoms with van der Waals surface area (Å²) in [6, 6.07) is 103. The number of aromatic nitrogens is 2. The lowest BCUT2D eigenvalue weighted by Crippen LogP contribution is -2.10. The van der Waals surface area contributed by atoms with E-state index >= 15 is 0 Å². The Balaban J connectivity index is 0.782. The molecule has 6 heteroatoms. The number of furan rings is 2. The van der Waals surface area contributed by atoms with E-state index in [0.717, 1.165) is 117 Å². The highest BCUT2D eigenvalue weighted by atomic mass is 16.3. The third kappa shape index (κ3) is 7.97. The predicted octanol–water partition coefficient (Wildman–Crippen LogP) is 23.1. The minimum absolute atomic E-state index is 0.730. The summed E-state index contributed by atoms with van der Waals surface area (Å²) in [4.78, 5) is 14.1. The quantitative estimate of drug-likeness (QED) is 0.134. The van der Waals surface area contributed by atoms with Gasteiger partial charge in [0.15, 0.2) is 22.3 Å². The lowest BCUT2D eigenvalue weighted by molar-refractivity contribution is 0.667. The van der Waals surface area contributed by atoms with Crippen molar-refractivity contribution in [3.05, 3.63) is 304 Å². The molecule has 0 aliphatic rings. The fraction of sp³-hybridized carbons (Fsp3) is 0. The standard InChI is InChI=1S/C82H50N4O2/c1-3-11-51(12-4-1)53-24-33-61(34-25-53)85(74-18-9-17-71-70-44-46-83-50-77(70)88-81(71)74)63-37-28-56-30-40-68-65-39-31-60(47-59(65)32-41-69(68)72(56)48-63)67-42-43-75(82-79(67)80-76(87-82)19-10-45-84-80)86(62-35-26-54(27-36-62)52-13-5-2-6-14-52)64-38-29-57-21-23-58-22-20-55-15-7-8-16-66(55)78(58)73(57)49-64/h1-50H. The summed E-state index contributed by atoms with van der Waals surface area (Å²) in [5.41, 5.74) is 16.6. The van der Waals surface area contributed by atoms with Gasteiger partial charge in [-0.1, -0.05) is 200 Å². The van der Waals surface area contributed by atoms with Crippen molar-refractivity contribution in [2.45, 2.75) is 0 Å². The topological polar surface area (TPSA) is 58.5 Å². The van der Waals surface area contributed by atoms with Gasteiger partial charge in [0.1, 0.15) is 5.52 Å². The molecule has 18 aromatic rings. The van der Waals surface area contributed by atoms with Gasteiger partial charge in [0.05, 0.1) is 23.0 Å². The fourth-order valence-corrected chi connectivity index (χ4v) is 13.8. The molecule has 0 aliphatic heterocycles. The molecule has 0 saturated heterocycles. The number of rotatable bonds is 9. The van der Waals surface area contributed by atoms with Gasteiger partial charge in [0, 0.05) is 45.9 Å². The lowest BCUT2D eigenvalue weighted by atomic mass is 9.93. The smallest absolute Gasteiger partial charge is 0.161 e. The predicted molar refractivity (Wildman–Crippen MR) is 367 cm³/mol. The molecule has 4 aromatic heterocycles. The first-order chi connectivity index (χ1) is 43.6. The van der Waals surface area contributed by atoms with E-state index in [1.807, 2.05) is 30.6 Å². The Hall–Kier alpha value is -11.9. The third-order valence-electron chi connectivity index (χ3n) is 17.9. The van der Waals surface area contributed by atoms with Crippen molar-refractivity contribution in [2.24, 2.45) is 0 Å². The van der Waals surface area contributed by atoms with Gasteiger partial charge in [-0.25, -0.2) is 0 Å². The maximum atomic E-state index is 7.09. The zero-order valence-electron chi connectivity index (χ0n) is 47.5. The second kappa shape index (κ2) is 19.9. The highest BCUT2D eigenvalue weighted by molar-refractivity contribution is 6.23. The molecular formula is C82H50N4O2.